The summed E-state index contributed by atoms with van der Waals surface area (Å²) in [6, 6.07) is 7.03. The summed E-state index contributed by atoms with van der Waals surface area (Å²) in [6.45, 7) is 4.27. The number of nitro groups is 1. The third-order valence-corrected chi connectivity index (χ3v) is 4.21. The second kappa shape index (κ2) is 9.63. The van der Waals surface area contributed by atoms with E-state index in [2.05, 4.69) is 5.32 Å². The van der Waals surface area contributed by atoms with Gasteiger partial charge in [-0.2, -0.15) is 0 Å². The fourth-order valence-corrected chi connectivity index (χ4v) is 2.88. The number of benzene rings is 2. The summed E-state index contributed by atoms with van der Waals surface area (Å²) >= 11 is 0. The van der Waals surface area contributed by atoms with Crippen molar-refractivity contribution in [2.75, 3.05) is 34.5 Å². The highest BCUT2D eigenvalue weighted by molar-refractivity contribution is 6.00. The molecule has 0 atom stereocenters. The maximum absolute atomic E-state index is 12.6. The molecule has 0 heterocycles. The molecular weight excluding hydrogens is 380 g/mol. The van der Waals surface area contributed by atoms with Crippen LogP contribution in [0.5, 0.6) is 23.0 Å². The van der Waals surface area contributed by atoms with E-state index in [4.69, 9.17) is 18.9 Å². The van der Waals surface area contributed by atoms with Crippen LogP contribution in [-0.4, -0.2) is 45.3 Å². The molecule has 0 saturated heterocycles. The van der Waals surface area contributed by atoms with Gasteiger partial charge in [-0.1, -0.05) is 17.7 Å². The smallest absolute Gasteiger partial charge is 0.327 e. The molecular formula is C20H24N2O7. The zero-order chi connectivity index (χ0) is 21.6. The summed E-state index contributed by atoms with van der Waals surface area (Å²) in [5.41, 5.74) is 1.41. The SMILES string of the molecule is COc1cc(C(=O)NCCOc2ccc(C)cc2C)c([N+](=O)[O-])c(OC)c1OC. The zero-order valence-corrected chi connectivity index (χ0v) is 17.0. The van der Waals surface area contributed by atoms with Crippen LogP contribution in [0.3, 0.4) is 0 Å². The van der Waals surface area contributed by atoms with E-state index in [1.165, 1.54) is 27.4 Å². The van der Waals surface area contributed by atoms with Gasteiger partial charge in [-0.05, 0) is 25.5 Å². The fraction of sp³-hybridized carbons (Fsp3) is 0.350. The van der Waals surface area contributed by atoms with E-state index in [-0.39, 0.29) is 36.0 Å². The number of nitrogens with zero attached hydrogens (tertiary/aromatic N) is 1. The predicted octanol–water partition coefficient (Wildman–Crippen LogP) is 3.05. The Kier molecular flexibility index (Phi) is 7.24. The highest BCUT2D eigenvalue weighted by atomic mass is 16.6. The third kappa shape index (κ3) is 4.87. The number of ether oxygens (including phenoxy) is 4. The van der Waals surface area contributed by atoms with Gasteiger partial charge in [0.1, 0.15) is 17.9 Å². The number of rotatable bonds is 9. The Morgan fingerprint density at radius 3 is 2.28 bits per heavy atom. The van der Waals surface area contributed by atoms with Crippen molar-refractivity contribution in [3.63, 3.8) is 0 Å². The molecule has 0 aliphatic heterocycles. The quantitative estimate of drug-likeness (QED) is 0.389. The van der Waals surface area contributed by atoms with Gasteiger partial charge >= 0.3 is 5.69 Å². The maximum Gasteiger partial charge on any atom is 0.327 e. The number of carbonyl (C=O) groups excluding carboxylic acids is 1. The van der Waals surface area contributed by atoms with Crippen LogP contribution in [0.4, 0.5) is 5.69 Å². The molecule has 1 N–H and O–H groups in total. The van der Waals surface area contributed by atoms with E-state index in [1.807, 2.05) is 32.0 Å². The first-order chi connectivity index (χ1) is 13.8. The molecule has 0 aliphatic carbocycles. The fourth-order valence-electron chi connectivity index (χ4n) is 2.88. The van der Waals surface area contributed by atoms with Crippen molar-refractivity contribution in [3.8, 4) is 23.0 Å². The van der Waals surface area contributed by atoms with Gasteiger partial charge in [0.15, 0.2) is 5.75 Å². The molecule has 9 nitrogen and oxygen atoms in total. The van der Waals surface area contributed by atoms with E-state index >= 15 is 0 Å². The van der Waals surface area contributed by atoms with E-state index in [9.17, 15) is 14.9 Å². The van der Waals surface area contributed by atoms with Gasteiger partial charge in [0.2, 0.25) is 11.5 Å². The van der Waals surface area contributed by atoms with Crippen LogP contribution in [0, 0.1) is 24.0 Å². The largest absolute Gasteiger partial charge is 0.493 e. The van der Waals surface area contributed by atoms with Gasteiger partial charge in [-0.3, -0.25) is 14.9 Å². The van der Waals surface area contributed by atoms with Crippen molar-refractivity contribution in [3.05, 3.63) is 51.1 Å². The van der Waals surface area contributed by atoms with Crippen LogP contribution in [0.1, 0.15) is 21.5 Å². The van der Waals surface area contributed by atoms with Crippen molar-refractivity contribution in [2.24, 2.45) is 0 Å². The Balaban J connectivity index is 2.18. The van der Waals surface area contributed by atoms with Crippen molar-refractivity contribution >= 4 is 11.6 Å². The lowest BCUT2D eigenvalue weighted by Crippen LogP contribution is -2.29. The normalized spacial score (nSPS) is 10.2. The number of hydrogen-bond acceptors (Lipinski definition) is 7. The van der Waals surface area contributed by atoms with Gasteiger partial charge in [0.05, 0.1) is 32.8 Å². The lowest BCUT2D eigenvalue weighted by molar-refractivity contribution is -0.386. The van der Waals surface area contributed by atoms with Crippen LogP contribution in [-0.2, 0) is 0 Å². The second-order valence-electron chi connectivity index (χ2n) is 6.17. The van der Waals surface area contributed by atoms with Crippen LogP contribution >= 0.6 is 0 Å². The lowest BCUT2D eigenvalue weighted by Gasteiger charge is -2.15. The Bertz CT molecular complexity index is 912. The highest BCUT2D eigenvalue weighted by Crippen LogP contribution is 2.46. The molecule has 0 bridgehead atoms. The molecule has 2 aromatic carbocycles. The molecule has 0 fully saturated rings. The number of nitrogens with one attached hydrogen (secondary N) is 1. The monoisotopic (exact) mass is 404 g/mol. The van der Waals surface area contributed by atoms with Gasteiger partial charge in [-0.15, -0.1) is 0 Å². The average Bonchev–Trinajstić information content (AvgIpc) is 2.70. The summed E-state index contributed by atoms with van der Waals surface area (Å²) in [4.78, 5) is 23.5. The number of methoxy groups -OCH3 is 3. The van der Waals surface area contributed by atoms with E-state index in [0.29, 0.717) is 5.75 Å². The Morgan fingerprint density at radius 2 is 1.72 bits per heavy atom. The van der Waals surface area contributed by atoms with Gasteiger partial charge in [0.25, 0.3) is 5.91 Å². The minimum atomic E-state index is -0.693. The van der Waals surface area contributed by atoms with E-state index < -0.39 is 16.5 Å². The minimum Gasteiger partial charge on any atom is -0.493 e. The highest BCUT2D eigenvalue weighted by Gasteiger charge is 2.32. The van der Waals surface area contributed by atoms with Gasteiger partial charge in [0, 0.05) is 6.07 Å². The number of nitro benzene ring substituents is 1. The van der Waals surface area contributed by atoms with E-state index in [1.54, 1.807) is 0 Å². The van der Waals surface area contributed by atoms with Crippen LogP contribution < -0.4 is 24.3 Å². The molecule has 29 heavy (non-hydrogen) atoms. The van der Waals surface area contributed by atoms with E-state index in [0.717, 1.165) is 11.1 Å². The van der Waals surface area contributed by atoms with Gasteiger partial charge in [-0.25, -0.2) is 0 Å². The van der Waals surface area contributed by atoms with Crippen LogP contribution in [0.25, 0.3) is 0 Å². The van der Waals surface area contributed by atoms with Crippen molar-refractivity contribution in [1.82, 2.24) is 5.32 Å². The molecule has 0 radical (unpaired) electrons. The number of hydrogen-bond donors (Lipinski definition) is 1. The summed E-state index contributed by atoms with van der Waals surface area (Å²) in [7, 11) is 3.94. The number of aryl methyl sites for hydroxylation is 2. The molecule has 2 rings (SSSR count). The Morgan fingerprint density at radius 1 is 1.03 bits per heavy atom. The number of amides is 1. The molecule has 0 spiro atoms. The van der Waals surface area contributed by atoms with Crippen molar-refractivity contribution in [2.45, 2.75) is 13.8 Å². The number of carbonyl (C=O) groups is 1. The van der Waals surface area contributed by atoms with Gasteiger partial charge < -0.3 is 24.3 Å². The summed E-state index contributed by atoms with van der Waals surface area (Å²) in [6.07, 6.45) is 0. The third-order valence-electron chi connectivity index (χ3n) is 4.21. The molecule has 0 unspecified atom stereocenters. The van der Waals surface area contributed by atoms with Crippen LogP contribution in [0.15, 0.2) is 24.3 Å². The first-order valence-electron chi connectivity index (χ1n) is 8.79. The molecule has 156 valence electrons. The summed E-state index contributed by atoms with van der Waals surface area (Å²) in [5.74, 6) is 0.0559. The van der Waals surface area contributed by atoms with Crippen molar-refractivity contribution < 1.29 is 28.7 Å². The first-order valence-corrected chi connectivity index (χ1v) is 8.79. The maximum atomic E-state index is 12.6. The molecule has 0 aromatic heterocycles. The topological polar surface area (TPSA) is 109 Å². The summed E-state index contributed by atoms with van der Waals surface area (Å²) in [5, 5.41) is 14.2. The molecule has 2 aromatic rings. The van der Waals surface area contributed by atoms with Crippen molar-refractivity contribution in [1.29, 1.82) is 0 Å². The predicted molar refractivity (Wildman–Crippen MR) is 106 cm³/mol. The minimum absolute atomic E-state index is 0.0384. The standard InChI is InChI=1S/C20H24N2O7/c1-12-6-7-15(13(2)10-12)29-9-8-21-20(23)14-11-16(26-3)18(27-4)19(28-5)17(14)22(24)25/h6-7,10-11H,8-9H2,1-5H3,(H,21,23). The molecule has 0 aliphatic rings. The molecule has 9 heteroatoms. The Labute approximate surface area is 168 Å². The molecule has 1 amide bonds. The zero-order valence-electron chi connectivity index (χ0n) is 17.0. The second-order valence-corrected chi connectivity index (χ2v) is 6.17. The van der Waals surface area contributed by atoms with Crippen LogP contribution in [0.2, 0.25) is 0 Å². The summed E-state index contributed by atoms with van der Waals surface area (Å²) < 4.78 is 21.1. The molecule has 0 saturated carbocycles. The average molecular weight is 404 g/mol. The Hall–Kier alpha value is -3.49. The first kappa shape index (κ1) is 21.8. The lowest BCUT2D eigenvalue weighted by atomic mass is 10.1.